The first-order valence-corrected chi connectivity index (χ1v) is 12.9. The van der Waals surface area contributed by atoms with Crippen molar-refractivity contribution in [2.24, 2.45) is 0 Å². The minimum atomic E-state index is 1.09. The SMILES string of the molecule is [C]1=C/C=C/C=C\C=C\C=C\C=C\CCCCCCCCCCCCCCCCCC/1. The van der Waals surface area contributed by atoms with Crippen molar-refractivity contribution in [2.45, 2.75) is 116 Å². The van der Waals surface area contributed by atoms with E-state index in [9.17, 15) is 0 Å². The summed E-state index contributed by atoms with van der Waals surface area (Å²) in [5.74, 6) is 0. The second-order valence-electron chi connectivity index (χ2n) is 8.53. The standard InChI is InChI=1S/C30H47/c1-2-4-6-8-10-12-14-16-18-20-22-24-26-28-30-29-27-25-23-21-19-17-15-13-11-9-7-5-3-1/h1-11H,12,14-30H2/b2-1+,5-3-,6-4+,9-7+,10-8+,13-11?. The number of hydrogen-bond donors (Lipinski definition) is 0. The summed E-state index contributed by atoms with van der Waals surface area (Å²) in [6.45, 7) is 0. The van der Waals surface area contributed by atoms with Crippen molar-refractivity contribution in [3.8, 4) is 0 Å². The van der Waals surface area contributed by atoms with Crippen LogP contribution in [0.1, 0.15) is 116 Å². The van der Waals surface area contributed by atoms with E-state index in [0.717, 1.165) is 6.42 Å². The predicted octanol–water partition coefficient (Wildman–Crippen LogP) is 10.2. The maximum Gasteiger partial charge on any atom is -0.0276 e. The molecule has 1 aliphatic rings. The van der Waals surface area contributed by atoms with Crippen LogP contribution in [0.4, 0.5) is 0 Å². The molecule has 0 atom stereocenters. The molecule has 0 saturated heterocycles. The summed E-state index contributed by atoms with van der Waals surface area (Å²) in [5.41, 5.74) is 0. The molecule has 0 heteroatoms. The Kier molecular flexibility index (Phi) is 20.9. The van der Waals surface area contributed by atoms with Crippen molar-refractivity contribution < 1.29 is 0 Å². The molecule has 167 valence electrons. The third-order valence-corrected chi connectivity index (χ3v) is 5.68. The van der Waals surface area contributed by atoms with Gasteiger partial charge in [0.1, 0.15) is 0 Å². The van der Waals surface area contributed by atoms with Crippen LogP contribution in [0.3, 0.4) is 0 Å². The van der Waals surface area contributed by atoms with Gasteiger partial charge in [-0.25, -0.2) is 0 Å². The first kappa shape index (κ1) is 26.5. The Hall–Kier alpha value is -1.56. The predicted molar refractivity (Wildman–Crippen MR) is 137 cm³/mol. The van der Waals surface area contributed by atoms with Crippen molar-refractivity contribution in [1.29, 1.82) is 0 Å². The maximum atomic E-state index is 3.38. The van der Waals surface area contributed by atoms with Crippen LogP contribution in [-0.2, 0) is 0 Å². The molecule has 0 N–H and O–H groups in total. The molecule has 0 bridgehead atoms. The molecule has 1 rings (SSSR count). The second-order valence-corrected chi connectivity index (χ2v) is 8.53. The zero-order chi connectivity index (χ0) is 21.2. The fourth-order valence-corrected chi connectivity index (χ4v) is 3.79. The average Bonchev–Trinajstić information content (AvgIpc) is 2.76. The van der Waals surface area contributed by atoms with E-state index in [0.29, 0.717) is 0 Å². The number of rotatable bonds is 0. The van der Waals surface area contributed by atoms with E-state index in [-0.39, 0.29) is 0 Å². The second kappa shape index (κ2) is 23.7. The van der Waals surface area contributed by atoms with Crippen LogP contribution in [-0.4, -0.2) is 0 Å². The van der Waals surface area contributed by atoms with E-state index in [2.05, 4.69) is 72.9 Å². The highest BCUT2D eigenvalue weighted by Gasteiger charge is 1.94. The lowest BCUT2D eigenvalue weighted by molar-refractivity contribution is 0.528. The first-order chi connectivity index (χ1) is 15.0. The van der Waals surface area contributed by atoms with Crippen LogP contribution in [0, 0.1) is 6.08 Å². The van der Waals surface area contributed by atoms with Gasteiger partial charge in [0, 0.05) is 0 Å². The zero-order valence-corrected chi connectivity index (χ0v) is 19.6. The lowest BCUT2D eigenvalue weighted by Crippen LogP contribution is -1.84. The summed E-state index contributed by atoms with van der Waals surface area (Å²) in [6, 6.07) is 0. The Labute approximate surface area is 188 Å². The molecule has 0 aromatic carbocycles. The van der Waals surface area contributed by atoms with E-state index < -0.39 is 0 Å². The third-order valence-electron chi connectivity index (χ3n) is 5.68. The van der Waals surface area contributed by atoms with Gasteiger partial charge in [0.25, 0.3) is 0 Å². The Balaban J connectivity index is 2.24. The molecule has 0 aromatic heterocycles. The first-order valence-electron chi connectivity index (χ1n) is 12.9. The van der Waals surface area contributed by atoms with Crippen LogP contribution in [0.15, 0.2) is 66.8 Å². The molecule has 0 fully saturated rings. The van der Waals surface area contributed by atoms with Gasteiger partial charge in [-0.1, -0.05) is 157 Å². The van der Waals surface area contributed by atoms with Crippen LogP contribution in [0.25, 0.3) is 0 Å². The molecule has 0 nitrogen and oxygen atoms in total. The number of allylic oxidation sites excluding steroid dienone is 12. The molecule has 0 aliphatic heterocycles. The molecule has 1 aliphatic carbocycles. The molecular weight excluding hydrogens is 360 g/mol. The molecule has 0 saturated carbocycles. The van der Waals surface area contributed by atoms with Gasteiger partial charge in [-0.2, -0.15) is 0 Å². The summed E-state index contributed by atoms with van der Waals surface area (Å²) in [6.07, 6.45) is 51.5. The molecule has 30 heavy (non-hydrogen) atoms. The Morgan fingerprint density at radius 2 is 0.700 bits per heavy atom. The quantitative estimate of drug-likeness (QED) is 0.374. The highest BCUT2D eigenvalue weighted by atomic mass is 14.0. The normalized spacial score (nSPS) is 27.2. The van der Waals surface area contributed by atoms with Gasteiger partial charge >= 0.3 is 0 Å². The average molecular weight is 408 g/mol. The minimum absolute atomic E-state index is 1.09. The maximum absolute atomic E-state index is 3.38. The summed E-state index contributed by atoms with van der Waals surface area (Å²) < 4.78 is 0. The highest BCUT2D eigenvalue weighted by Crippen LogP contribution is 2.14. The van der Waals surface area contributed by atoms with Crippen LogP contribution >= 0.6 is 0 Å². The van der Waals surface area contributed by atoms with Gasteiger partial charge in [0.15, 0.2) is 0 Å². The molecule has 0 amide bonds. The fraction of sp³-hybridized carbons (Fsp3) is 0.600. The summed E-state index contributed by atoms with van der Waals surface area (Å²) in [5, 5.41) is 0. The molecule has 0 unspecified atom stereocenters. The summed E-state index contributed by atoms with van der Waals surface area (Å²) in [4.78, 5) is 0. The lowest BCUT2D eigenvalue weighted by atomic mass is 10.0. The van der Waals surface area contributed by atoms with E-state index in [4.69, 9.17) is 0 Å². The Bertz CT molecular complexity index is 464. The monoisotopic (exact) mass is 407 g/mol. The summed E-state index contributed by atoms with van der Waals surface area (Å²) in [7, 11) is 0. The molecule has 0 aromatic rings. The Morgan fingerprint density at radius 3 is 1.20 bits per heavy atom. The molecule has 1 radical (unpaired) electrons. The van der Waals surface area contributed by atoms with E-state index in [1.807, 2.05) is 0 Å². The summed E-state index contributed by atoms with van der Waals surface area (Å²) >= 11 is 0. The van der Waals surface area contributed by atoms with Gasteiger partial charge < -0.3 is 0 Å². The van der Waals surface area contributed by atoms with E-state index in [1.54, 1.807) is 0 Å². The van der Waals surface area contributed by atoms with E-state index in [1.165, 1.54) is 109 Å². The smallest absolute Gasteiger partial charge is 0.0276 e. The molecule has 0 heterocycles. The Morgan fingerprint density at radius 1 is 0.333 bits per heavy atom. The van der Waals surface area contributed by atoms with E-state index >= 15 is 0 Å². The lowest BCUT2D eigenvalue weighted by Gasteiger charge is -2.03. The zero-order valence-electron chi connectivity index (χ0n) is 19.6. The topological polar surface area (TPSA) is 0 Å². The van der Waals surface area contributed by atoms with Gasteiger partial charge in [-0.05, 0) is 31.8 Å². The fourth-order valence-electron chi connectivity index (χ4n) is 3.79. The van der Waals surface area contributed by atoms with Gasteiger partial charge in [0.05, 0.1) is 0 Å². The van der Waals surface area contributed by atoms with Crippen molar-refractivity contribution in [3.63, 3.8) is 0 Å². The van der Waals surface area contributed by atoms with Crippen LogP contribution in [0.2, 0.25) is 0 Å². The minimum Gasteiger partial charge on any atom is -0.0845 e. The van der Waals surface area contributed by atoms with Gasteiger partial charge in [-0.3, -0.25) is 0 Å². The van der Waals surface area contributed by atoms with Crippen LogP contribution < -0.4 is 0 Å². The van der Waals surface area contributed by atoms with Crippen molar-refractivity contribution in [1.82, 2.24) is 0 Å². The third kappa shape index (κ3) is 21.2. The van der Waals surface area contributed by atoms with Gasteiger partial charge in [0.2, 0.25) is 0 Å². The molecular formula is C30H47. The molecule has 0 spiro atoms. The van der Waals surface area contributed by atoms with Crippen molar-refractivity contribution in [3.05, 3.63) is 72.9 Å². The highest BCUT2D eigenvalue weighted by molar-refractivity contribution is 5.19. The van der Waals surface area contributed by atoms with Crippen LogP contribution in [0.5, 0.6) is 0 Å². The van der Waals surface area contributed by atoms with Crippen molar-refractivity contribution >= 4 is 0 Å². The van der Waals surface area contributed by atoms with Crippen molar-refractivity contribution in [2.75, 3.05) is 0 Å². The largest absolute Gasteiger partial charge is 0.0845 e. The number of hydrogen-bond acceptors (Lipinski definition) is 0. The van der Waals surface area contributed by atoms with Gasteiger partial charge in [-0.15, -0.1) is 0 Å².